The Morgan fingerprint density at radius 1 is 1.05 bits per heavy atom. The third-order valence-corrected chi connectivity index (χ3v) is 5.22. The minimum absolute atomic E-state index is 0.00820. The average molecular weight is 327 g/mol. The third kappa shape index (κ3) is 4.19. The molecule has 6 heteroatoms. The van der Waals surface area contributed by atoms with Gasteiger partial charge in [-0.3, -0.25) is 4.79 Å². The number of halogens is 1. The molecule has 2 aromatic rings. The Bertz CT molecular complexity index is 768. The SMILES string of the molecule is O=C(O)CCCCS(=O)(=O)c1ccc2cc(Cl)ccc2c1. The van der Waals surface area contributed by atoms with Crippen molar-refractivity contribution in [1.82, 2.24) is 0 Å². The quantitative estimate of drug-likeness (QED) is 0.824. The van der Waals surface area contributed by atoms with Crippen LogP contribution in [0.3, 0.4) is 0 Å². The molecule has 112 valence electrons. The largest absolute Gasteiger partial charge is 0.481 e. The molecular formula is C15H15ClO4S. The molecule has 0 aliphatic heterocycles. The molecular weight excluding hydrogens is 312 g/mol. The van der Waals surface area contributed by atoms with E-state index in [4.69, 9.17) is 16.7 Å². The normalized spacial score (nSPS) is 11.7. The van der Waals surface area contributed by atoms with Crippen molar-refractivity contribution in [2.45, 2.75) is 24.2 Å². The Labute approximate surface area is 128 Å². The fraction of sp³-hybridized carbons (Fsp3) is 0.267. The molecule has 0 atom stereocenters. The molecule has 21 heavy (non-hydrogen) atoms. The molecule has 0 aliphatic carbocycles. The average Bonchev–Trinajstić information content (AvgIpc) is 2.43. The van der Waals surface area contributed by atoms with E-state index >= 15 is 0 Å². The number of benzene rings is 2. The zero-order valence-corrected chi connectivity index (χ0v) is 12.8. The van der Waals surface area contributed by atoms with Gasteiger partial charge in [0.05, 0.1) is 10.6 Å². The molecule has 2 aromatic carbocycles. The molecule has 0 heterocycles. The molecule has 0 aromatic heterocycles. The number of hydrogen-bond acceptors (Lipinski definition) is 3. The lowest BCUT2D eigenvalue weighted by Gasteiger charge is -2.06. The minimum Gasteiger partial charge on any atom is -0.481 e. The van der Waals surface area contributed by atoms with Crippen LogP contribution in [0.1, 0.15) is 19.3 Å². The second-order valence-corrected chi connectivity index (χ2v) is 7.37. The first-order valence-corrected chi connectivity index (χ1v) is 8.55. The standard InChI is InChI=1S/C15H15ClO4S/c16-13-6-4-12-10-14(7-5-11(12)9-13)21(19,20)8-2-1-3-15(17)18/h4-7,9-10H,1-3,8H2,(H,17,18). The Morgan fingerprint density at radius 2 is 1.71 bits per heavy atom. The molecule has 0 unspecified atom stereocenters. The van der Waals surface area contributed by atoms with Crippen molar-refractivity contribution in [2.24, 2.45) is 0 Å². The zero-order chi connectivity index (χ0) is 15.5. The monoisotopic (exact) mass is 326 g/mol. The molecule has 0 amide bonds. The van der Waals surface area contributed by atoms with Crippen LogP contribution in [0.15, 0.2) is 41.3 Å². The third-order valence-electron chi connectivity index (χ3n) is 3.19. The molecule has 0 saturated heterocycles. The summed E-state index contributed by atoms with van der Waals surface area (Å²) in [5.74, 6) is -0.950. The summed E-state index contributed by atoms with van der Waals surface area (Å²) < 4.78 is 24.4. The van der Waals surface area contributed by atoms with Gasteiger partial charge in [0.1, 0.15) is 0 Å². The van der Waals surface area contributed by atoms with Crippen molar-refractivity contribution in [3.8, 4) is 0 Å². The van der Waals surface area contributed by atoms with Gasteiger partial charge in [0.15, 0.2) is 9.84 Å². The Morgan fingerprint density at radius 3 is 2.43 bits per heavy atom. The van der Waals surface area contributed by atoms with E-state index in [0.29, 0.717) is 17.9 Å². The number of carbonyl (C=O) groups is 1. The van der Waals surface area contributed by atoms with Gasteiger partial charge >= 0.3 is 5.97 Å². The highest BCUT2D eigenvalue weighted by atomic mass is 35.5. The zero-order valence-electron chi connectivity index (χ0n) is 11.3. The maximum Gasteiger partial charge on any atom is 0.303 e. The summed E-state index contributed by atoms with van der Waals surface area (Å²) in [6.07, 6.45) is 0.691. The van der Waals surface area contributed by atoms with Crippen LogP contribution in [0.5, 0.6) is 0 Å². The van der Waals surface area contributed by atoms with Crippen molar-refractivity contribution in [3.63, 3.8) is 0 Å². The predicted octanol–water partition coefficient (Wildman–Crippen LogP) is 3.52. The first-order valence-electron chi connectivity index (χ1n) is 6.52. The van der Waals surface area contributed by atoms with Gasteiger partial charge < -0.3 is 5.11 Å². The van der Waals surface area contributed by atoms with E-state index in [1.807, 2.05) is 0 Å². The van der Waals surface area contributed by atoms with E-state index in [-0.39, 0.29) is 17.1 Å². The molecule has 0 radical (unpaired) electrons. The van der Waals surface area contributed by atoms with Gasteiger partial charge in [-0.05, 0) is 47.9 Å². The lowest BCUT2D eigenvalue weighted by molar-refractivity contribution is -0.137. The Kier molecular flexibility index (Phi) is 4.85. The van der Waals surface area contributed by atoms with Crippen molar-refractivity contribution in [1.29, 1.82) is 0 Å². The Balaban J connectivity index is 2.16. The Hall–Kier alpha value is -1.59. The molecule has 0 aliphatic rings. The highest BCUT2D eigenvalue weighted by Gasteiger charge is 2.14. The number of rotatable bonds is 6. The lowest BCUT2D eigenvalue weighted by Crippen LogP contribution is -2.07. The summed E-state index contributed by atoms with van der Waals surface area (Å²) >= 11 is 5.89. The van der Waals surface area contributed by atoms with Crippen molar-refractivity contribution in [2.75, 3.05) is 5.75 Å². The van der Waals surface area contributed by atoms with Crippen LogP contribution in [-0.2, 0) is 14.6 Å². The molecule has 1 N–H and O–H groups in total. The van der Waals surface area contributed by atoms with Crippen LogP contribution >= 0.6 is 11.6 Å². The molecule has 0 saturated carbocycles. The number of carboxylic acid groups (broad SMARTS) is 1. The van der Waals surface area contributed by atoms with E-state index in [1.165, 1.54) is 0 Å². The summed E-state index contributed by atoms with van der Waals surface area (Å²) in [5, 5.41) is 10.8. The molecule has 0 spiro atoms. The van der Waals surface area contributed by atoms with Gasteiger partial charge in [-0.1, -0.05) is 23.7 Å². The molecule has 0 bridgehead atoms. The number of sulfone groups is 1. The number of fused-ring (bicyclic) bond motifs is 1. The first kappa shape index (κ1) is 15.8. The molecule has 4 nitrogen and oxygen atoms in total. The van der Waals surface area contributed by atoms with Crippen LogP contribution in [0.2, 0.25) is 5.02 Å². The van der Waals surface area contributed by atoms with Gasteiger partial charge in [0.2, 0.25) is 0 Å². The number of unbranched alkanes of at least 4 members (excludes halogenated alkanes) is 1. The van der Waals surface area contributed by atoms with E-state index in [2.05, 4.69) is 0 Å². The highest BCUT2D eigenvalue weighted by molar-refractivity contribution is 7.91. The highest BCUT2D eigenvalue weighted by Crippen LogP contribution is 2.23. The molecule has 0 fully saturated rings. The predicted molar refractivity (Wildman–Crippen MR) is 82.5 cm³/mol. The van der Waals surface area contributed by atoms with Gasteiger partial charge in [-0.2, -0.15) is 0 Å². The van der Waals surface area contributed by atoms with Gasteiger partial charge in [-0.15, -0.1) is 0 Å². The van der Waals surface area contributed by atoms with E-state index < -0.39 is 15.8 Å². The maximum atomic E-state index is 12.2. The van der Waals surface area contributed by atoms with Crippen molar-refractivity contribution >= 4 is 38.2 Å². The van der Waals surface area contributed by atoms with E-state index in [9.17, 15) is 13.2 Å². The van der Waals surface area contributed by atoms with Crippen LogP contribution in [0.4, 0.5) is 0 Å². The van der Waals surface area contributed by atoms with Crippen LogP contribution < -0.4 is 0 Å². The second-order valence-electron chi connectivity index (χ2n) is 4.82. The van der Waals surface area contributed by atoms with Gasteiger partial charge in [0.25, 0.3) is 0 Å². The van der Waals surface area contributed by atoms with Crippen LogP contribution in [0, 0.1) is 0 Å². The summed E-state index contributed by atoms with van der Waals surface area (Å²) in [7, 11) is -3.39. The summed E-state index contributed by atoms with van der Waals surface area (Å²) in [6, 6.07) is 10.2. The van der Waals surface area contributed by atoms with Crippen LogP contribution in [0.25, 0.3) is 10.8 Å². The van der Waals surface area contributed by atoms with Gasteiger partial charge in [-0.25, -0.2) is 8.42 Å². The topological polar surface area (TPSA) is 71.4 Å². The number of hydrogen-bond donors (Lipinski definition) is 1. The van der Waals surface area contributed by atoms with Crippen LogP contribution in [-0.4, -0.2) is 25.2 Å². The van der Waals surface area contributed by atoms with Crippen molar-refractivity contribution < 1.29 is 18.3 Å². The van der Waals surface area contributed by atoms with E-state index in [0.717, 1.165) is 10.8 Å². The fourth-order valence-corrected chi connectivity index (χ4v) is 3.66. The minimum atomic E-state index is -3.39. The maximum absolute atomic E-state index is 12.2. The van der Waals surface area contributed by atoms with E-state index in [1.54, 1.807) is 36.4 Å². The van der Waals surface area contributed by atoms with Crippen molar-refractivity contribution in [3.05, 3.63) is 41.4 Å². The lowest BCUT2D eigenvalue weighted by atomic mass is 10.1. The summed E-state index contributed by atoms with van der Waals surface area (Å²) in [4.78, 5) is 10.7. The number of carboxylic acids is 1. The fourth-order valence-electron chi connectivity index (χ4n) is 2.07. The molecule has 2 rings (SSSR count). The summed E-state index contributed by atoms with van der Waals surface area (Å²) in [6.45, 7) is 0. The summed E-state index contributed by atoms with van der Waals surface area (Å²) in [5.41, 5.74) is 0. The smallest absolute Gasteiger partial charge is 0.303 e. The number of aliphatic carboxylic acids is 1. The second kappa shape index (κ2) is 6.45. The van der Waals surface area contributed by atoms with Gasteiger partial charge in [0, 0.05) is 11.4 Å². The first-order chi connectivity index (χ1) is 9.88.